The lowest BCUT2D eigenvalue weighted by molar-refractivity contribution is 0.358. The zero-order chi connectivity index (χ0) is 21.6. The Morgan fingerprint density at radius 2 is 1.63 bits per heavy atom. The van der Waals surface area contributed by atoms with E-state index in [4.69, 9.17) is 44.2 Å². The first-order valence-corrected chi connectivity index (χ1v) is 10.8. The topological polar surface area (TPSA) is 41.6 Å². The Kier molecular flexibility index (Phi) is 5.60. The highest BCUT2D eigenvalue weighted by Gasteiger charge is 2.39. The zero-order valence-corrected chi connectivity index (χ0v) is 19.4. The van der Waals surface area contributed by atoms with Gasteiger partial charge < -0.3 is 9.32 Å². The van der Waals surface area contributed by atoms with E-state index in [1.807, 2.05) is 36.4 Å². The lowest BCUT2D eigenvalue weighted by Crippen LogP contribution is -2.36. The summed E-state index contributed by atoms with van der Waals surface area (Å²) in [6.07, 6.45) is 1.79. The molecular formula is C23H22Cl3N3O. The predicted octanol–water partition coefficient (Wildman–Crippen LogP) is 7.33. The van der Waals surface area contributed by atoms with E-state index in [0.29, 0.717) is 21.0 Å². The van der Waals surface area contributed by atoms with Gasteiger partial charge in [0.2, 0.25) is 5.89 Å². The van der Waals surface area contributed by atoms with E-state index in [-0.39, 0.29) is 17.5 Å². The van der Waals surface area contributed by atoms with Gasteiger partial charge in [0.25, 0.3) is 0 Å². The molecule has 0 fully saturated rings. The molecule has 156 valence electrons. The van der Waals surface area contributed by atoms with Crippen molar-refractivity contribution >= 4 is 46.3 Å². The van der Waals surface area contributed by atoms with E-state index in [0.717, 1.165) is 22.8 Å². The molecule has 2 unspecified atom stereocenters. The molecule has 0 bridgehead atoms. The van der Waals surface area contributed by atoms with Crippen LogP contribution in [-0.4, -0.2) is 16.9 Å². The van der Waals surface area contributed by atoms with Crippen molar-refractivity contribution in [2.75, 3.05) is 4.90 Å². The summed E-state index contributed by atoms with van der Waals surface area (Å²) in [7, 11) is 0. The molecule has 1 aromatic heterocycles. The molecule has 2 heterocycles. The molecule has 2 aromatic carbocycles. The highest BCUT2D eigenvalue weighted by atomic mass is 35.5. The number of oxazole rings is 1. The van der Waals surface area contributed by atoms with E-state index >= 15 is 0 Å². The van der Waals surface area contributed by atoms with Gasteiger partial charge in [0.15, 0.2) is 0 Å². The summed E-state index contributed by atoms with van der Waals surface area (Å²) in [5, 5.41) is 1.79. The smallest absolute Gasteiger partial charge is 0.221 e. The lowest BCUT2D eigenvalue weighted by Gasteiger charge is -2.27. The largest absolute Gasteiger partial charge is 0.443 e. The molecule has 0 aliphatic carbocycles. The van der Waals surface area contributed by atoms with Crippen LogP contribution in [0.2, 0.25) is 15.1 Å². The average molecular weight is 463 g/mol. The van der Waals surface area contributed by atoms with Crippen molar-refractivity contribution in [1.82, 2.24) is 4.98 Å². The van der Waals surface area contributed by atoms with Gasteiger partial charge in [-0.1, -0.05) is 55.6 Å². The normalized spacial score (nSPS) is 19.3. The molecule has 0 spiro atoms. The third kappa shape index (κ3) is 3.96. The third-order valence-electron chi connectivity index (χ3n) is 5.15. The van der Waals surface area contributed by atoms with Crippen molar-refractivity contribution in [2.45, 2.75) is 45.2 Å². The van der Waals surface area contributed by atoms with Crippen LogP contribution in [0.5, 0.6) is 0 Å². The Labute approximate surface area is 191 Å². The molecule has 4 rings (SSSR count). The van der Waals surface area contributed by atoms with Crippen LogP contribution in [0.25, 0.3) is 0 Å². The highest BCUT2D eigenvalue weighted by molar-refractivity contribution is 6.37. The Morgan fingerprint density at radius 3 is 2.23 bits per heavy atom. The standard InChI is InChI=1S/C23H22Cl3N3O/c1-13-20(22-27-12-19(30-22)23(2,3)4)28-21(17-10-7-15(25)11-18(17)26)29(13)16-8-5-14(24)6-9-16/h5-13,20H,1-4H3. The first-order chi connectivity index (χ1) is 14.1. The van der Waals surface area contributed by atoms with Crippen LogP contribution in [0.3, 0.4) is 0 Å². The Hall–Kier alpha value is -2.01. The van der Waals surface area contributed by atoms with E-state index in [1.54, 1.807) is 12.3 Å². The first kappa shape index (κ1) is 21.2. The fourth-order valence-corrected chi connectivity index (χ4v) is 4.12. The number of halogens is 3. The molecule has 1 aliphatic rings. The van der Waals surface area contributed by atoms with Crippen molar-refractivity contribution in [1.29, 1.82) is 0 Å². The van der Waals surface area contributed by atoms with Crippen molar-refractivity contribution in [3.05, 3.63) is 80.9 Å². The molecule has 0 N–H and O–H groups in total. The second kappa shape index (κ2) is 7.92. The van der Waals surface area contributed by atoms with E-state index in [9.17, 15) is 0 Å². The van der Waals surface area contributed by atoms with Gasteiger partial charge in [0.05, 0.1) is 17.3 Å². The van der Waals surface area contributed by atoms with Crippen LogP contribution < -0.4 is 4.90 Å². The van der Waals surface area contributed by atoms with Gasteiger partial charge in [-0.05, 0) is 49.4 Å². The molecule has 0 radical (unpaired) electrons. The summed E-state index contributed by atoms with van der Waals surface area (Å²) in [6.45, 7) is 8.38. The molecule has 2 atom stereocenters. The Morgan fingerprint density at radius 1 is 0.967 bits per heavy atom. The minimum atomic E-state index is -0.279. The number of benzene rings is 2. The molecule has 0 amide bonds. The van der Waals surface area contributed by atoms with Crippen LogP contribution in [0.4, 0.5) is 5.69 Å². The first-order valence-electron chi connectivity index (χ1n) is 9.69. The molecule has 0 saturated carbocycles. The average Bonchev–Trinajstić information content (AvgIpc) is 3.28. The maximum atomic E-state index is 6.54. The number of aliphatic imine (C=N–C) groups is 1. The summed E-state index contributed by atoms with van der Waals surface area (Å²) in [5.74, 6) is 2.16. The predicted molar refractivity (Wildman–Crippen MR) is 124 cm³/mol. The second-order valence-corrected chi connectivity index (χ2v) is 9.70. The summed E-state index contributed by atoms with van der Waals surface area (Å²) in [6, 6.07) is 12.8. The summed E-state index contributed by atoms with van der Waals surface area (Å²) < 4.78 is 6.12. The van der Waals surface area contributed by atoms with Crippen LogP contribution in [0.1, 0.15) is 51.0 Å². The van der Waals surface area contributed by atoms with Gasteiger partial charge in [0, 0.05) is 26.7 Å². The molecule has 7 heteroatoms. The Balaban J connectivity index is 1.82. The number of hydrogen-bond acceptors (Lipinski definition) is 4. The third-order valence-corrected chi connectivity index (χ3v) is 5.95. The maximum absolute atomic E-state index is 6.54. The number of nitrogens with zero attached hydrogens (tertiary/aromatic N) is 3. The van der Waals surface area contributed by atoms with Crippen molar-refractivity contribution in [2.24, 2.45) is 4.99 Å². The van der Waals surface area contributed by atoms with Crippen LogP contribution >= 0.6 is 34.8 Å². The van der Waals surface area contributed by atoms with Gasteiger partial charge >= 0.3 is 0 Å². The number of amidine groups is 1. The minimum Gasteiger partial charge on any atom is -0.443 e. The summed E-state index contributed by atoms with van der Waals surface area (Å²) >= 11 is 18.8. The summed E-state index contributed by atoms with van der Waals surface area (Å²) in [5.41, 5.74) is 1.63. The van der Waals surface area contributed by atoms with Gasteiger partial charge in [-0.3, -0.25) is 4.99 Å². The SMILES string of the molecule is CC1C(c2ncc(C(C)(C)C)o2)N=C(c2ccc(Cl)cc2Cl)N1c1ccc(Cl)cc1. The van der Waals surface area contributed by atoms with E-state index < -0.39 is 0 Å². The van der Waals surface area contributed by atoms with Gasteiger partial charge in [-0.2, -0.15) is 0 Å². The number of rotatable bonds is 3. The second-order valence-electron chi connectivity index (χ2n) is 8.42. The summed E-state index contributed by atoms with van der Waals surface area (Å²) in [4.78, 5) is 11.7. The highest BCUT2D eigenvalue weighted by Crippen LogP contribution is 2.39. The van der Waals surface area contributed by atoms with Gasteiger partial charge in [0.1, 0.15) is 17.6 Å². The zero-order valence-electron chi connectivity index (χ0n) is 17.2. The van der Waals surface area contributed by atoms with Crippen molar-refractivity contribution < 1.29 is 4.42 Å². The Bertz CT molecular complexity index is 1100. The van der Waals surface area contributed by atoms with E-state index in [2.05, 4.69) is 37.6 Å². The quantitative estimate of drug-likeness (QED) is 0.409. The van der Waals surface area contributed by atoms with Crippen molar-refractivity contribution in [3.63, 3.8) is 0 Å². The molecular weight excluding hydrogens is 441 g/mol. The van der Waals surface area contributed by atoms with Crippen molar-refractivity contribution in [3.8, 4) is 0 Å². The molecule has 1 aliphatic heterocycles. The molecule has 3 aromatic rings. The molecule has 0 saturated heterocycles. The van der Waals surface area contributed by atoms with E-state index in [1.165, 1.54) is 0 Å². The lowest BCUT2D eigenvalue weighted by atomic mass is 9.94. The monoisotopic (exact) mass is 461 g/mol. The minimum absolute atomic E-state index is 0.0422. The fraction of sp³-hybridized carbons (Fsp3) is 0.304. The van der Waals surface area contributed by atoms with Gasteiger partial charge in [-0.25, -0.2) is 4.98 Å². The maximum Gasteiger partial charge on any atom is 0.221 e. The van der Waals surface area contributed by atoms with Crippen LogP contribution in [-0.2, 0) is 5.41 Å². The number of anilines is 1. The fourth-order valence-electron chi connectivity index (χ4n) is 3.50. The molecule has 30 heavy (non-hydrogen) atoms. The number of aromatic nitrogens is 1. The van der Waals surface area contributed by atoms with Crippen LogP contribution in [0.15, 0.2) is 58.1 Å². The molecule has 4 nitrogen and oxygen atoms in total. The van der Waals surface area contributed by atoms with Gasteiger partial charge in [-0.15, -0.1) is 0 Å². The number of hydrogen-bond donors (Lipinski definition) is 0. The van der Waals surface area contributed by atoms with Crippen LogP contribution in [0, 0.1) is 0 Å².